The Morgan fingerprint density at radius 1 is 0.824 bits per heavy atom. The maximum atomic E-state index is 5.97. The molecule has 1 nitrogen and oxygen atoms in total. The molecule has 0 aromatic heterocycles. The monoisotopic (exact) mass is 258 g/mol. The number of hydrogen-bond acceptors (Lipinski definition) is 1. The Bertz CT molecular complexity index is 182. The highest BCUT2D eigenvalue weighted by atomic mass is 28.2. The summed E-state index contributed by atoms with van der Waals surface area (Å²) in [6.45, 7) is 15.0. The molecule has 0 heterocycles. The first-order chi connectivity index (χ1) is 7.81. The first-order valence-corrected chi connectivity index (χ1v) is 8.67. The van der Waals surface area contributed by atoms with Crippen LogP contribution in [0, 0.1) is 5.41 Å². The molecule has 0 aliphatic carbocycles. The van der Waals surface area contributed by atoms with Gasteiger partial charge in [-0.2, -0.15) is 0 Å². The molecule has 0 amide bonds. The van der Waals surface area contributed by atoms with Crippen molar-refractivity contribution >= 4 is 9.76 Å². The lowest BCUT2D eigenvalue weighted by molar-refractivity contribution is 0.241. The van der Waals surface area contributed by atoms with Gasteiger partial charge in [0.15, 0.2) is 9.76 Å². The summed E-state index contributed by atoms with van der Waals surface area (Å²) in [5.74, 6) is 0. The molecular formula is C15H34OSi. The van der Waals surface area contributed by atoms with Gasteiger partial charge in [-0.05, 0) is 16.9 Å². The second kappa shape index (κ2) is 8.31. The zero-order valence-corrected chi connectivity index (χ0v) is 14.5. The van der Waals surface area contributed by atoms with E-state index in [1.165, 1.54) is 38.5 Å². The average molecular weight is 259 g/mol. The van der Waals surface area contributed by atoms with E-state index in [0.717, 1.165) is 6.61 Å². The molecule has 0 aliphatic rings. The Balaban J connectivity index is 3.46. The molecule has 17 heavy (non-hydrogen) atoms. The van der Waals surface area contributed by atoms with Crippen molar-refractivity contribution in [1.82, 2.24) is 0 Å². The van der Waals surface area contributed by atoms with Crippen LogP contribution in [0.15, 0.2) is 0 Å². The largest absolute Gasteiger partial charge is 0.423 e. The van der Waals surface area contributed by atoms with Crippen LogP contribution in [0.25, 0.3) is 0 Å². The molecule has 0 radical (unpaired) electrons. The van der Waals surface area contributed by atoms with Gasteiger partial charge in [-0.1, -0.05) is 73.6 Å². The summed E-state index contributed by atoms with van der Waals surface area (Å²) in [7, 11) is -0.409. The van der Waals surface area contributed by atoms with Crippen molar-refractivity contribution in [2.45, 2.75) is 85.1 Å². The molecule has 0 fully saturated rings. The van der Waals surface area contributed by atoms with E-state index in [-0.39, 0.29) is 0 Å². The van der Waals surface area contributed by atoms with Crippen molar-refractivity contribution < 1.29 is 4.43 Å². The molecule has 104 valence electrons. The summed E-state index contributed by atoms with van der Waals surface area (Å²) < 4.78 is 5.97. The number of unbranched alkanes of at least 4 members (excludes halogenated alkanes) is 5. The lowest BCUT2D eigenvalue weighted by Crippen LogP contribution is -2.30. The maximum absolute atomic E-state index is 5.97. The summed E-state index contributed by atoms with van der Waals surface area (Å²) >= 11 is 0. The summed E-state index contributed by atoms with van der Waals surface area (Å²) in [5.41, 5.74) is 0.375. The second-order valence-electron chi connectivity index (χ2n) is 6.95. The van der Waals surface area contributed by atoms with Crippen LogP contribution < -0.4 is 0 Å². The van der Waals surface area contributed by atoms with E-state index >= 15 is 0 Å². The van der Waals surface area contributed by atoms with Crippen LogP contribution in [-0.4, -0.2) is 16.4 Å². The van der Waals surface area contributed by atoms with Gasteiger partial charge in [0, 0.05) is 6.61 Å². The van der Waals surface area contributed by atoms with Crippen LogP contribution in [0.1, 0.15) is 80.1 Å². The van der Waals surface area contributed by atoms with Crippen molar-refractivity contribution in [1.29, 1.82) is 0 Å². The normalized spacial score (nSPS) is 13.8. The van der Waals surface area contributed by atoms with Crippen molar-refractivity contribution in [3.8, 4) is 0 Å². The molecule has 0 aromatic rings. The molecule has 0 saturated carbocycles. The molecule has 2 heteroatoms. The molecule has 0 spiro atoms. The van der Waals surface area contributed by atoms with E-state index in [4.69, 9.17) is 4.43 Å². The first-order valence-electron chi connectivity index (χ1n) is 7.39. The third-order valence-corrected chi connectivity index (χ3v) is 6.41. The van der Waals surface area contributed by atoms with Gasteiger partial charge in [-0.25, -0.2) is 0 Å². The van der Waals surface area contributed by atoms with Crippen LogP contribution in [-0.2, 0) is 4.43 Å². The van der Waals surface area contributed by atoms with Crippen LogP contribution in [0.3, 0.4) is 0 Å². The maximum Gasteiger partial charge on any atom is 0.167 e. The SMILES string of the molecule is CCCCCCCCO[SiH2]C(C)(C)C(C)(C)C. The minimum Gasteiger partial charge on any atom is -0.423 e. The lowest BCUT2D eigenvalue weighted by atomic mass is 9.82. The molecule has 0 bridgehead atoms. The molecule has 0 rings (SSSR count). The van der Waals surface area contributed by atoms with E-state index in [0.29, 0.717) is 10.5 Å². The predicted octanol–water partition coefficient (Wildman–Crippen LogP) is 4.69. The van der Waals surface area contributed by atoms with E-state index in [1.54, 1.807) is 0 Å². The molecule has 0 aliphatic heterocycles. The Morgan fingerprint density at radius 3 is 1.88 bits per heavy atom. The Morgan fingerprint density at radius 2 is 1.35 bits per heavy atom. The molecule has 0 aromatic carbocycles. The first kappa shape index (κ1) is 17.2. The molecule has 0 N–H and O–H groups in total. The smallest absolute Gasteiger partial charge is 0.167 e. The van der Waals surface area contributed by atoms with Crippen LogP contribution >= 0.6 is 0 Å². The summed E-state index contributed by atoms with van der Waals surface area (Å²) in [5, 5.41) is 0.398. The predicted molar refractivity (Wildman–Crippen MR) is 81.4 cm³/mol. The Hall–Kier alpha value is 0.177. The van der Waals surface area contributed by atoms with Gasteiger partial charge in [0.1, 0.15) is 0 Å². The van der Waals surface area contributed by atoms with Gasteiger partial charge < -0.3 is 4.43 Å². The minimum atomic E-state index is -0.409. The van der Waals surface area contributed by atoms with Crippen LogP contribution in [0.4, 0.5) is 0 Å². The lowest BCUT2D eigenvalue weighted by Gasteiger charge is -2.38. The summed E-state index contributed by atoms with van der Waals surface area (Å²) in [6, 6.07) is 0. The number of hydrogen-bond donors (Lipinski definition) is 0. The van der Waals surface area contributed by atoms with Crippen molar-refractivity contribution in [2.75, 3.05) is 6.61 Å². The van der Waals surface area contributed by atoms with Gasteiger partial charge in [0.2, 0.25) is 0 Å². The van der Waals surface area contributed by atoms with E-state index in [2.05, 4.69) is 41.5 Å². The van der Waals surface area contributed by atoms with Gasteiger partial charge in [-0.15, -0.1) is 0 Å². The van der Waals surface area contributed by atoms with Crippen LogP contribution in [0.5, 0.6) is 0 Å². The zero-order chi connectivity index (χ0) is 13.4. The van der Waals surface area contributed by atoms with Gasteiger partial charge >= 0.3 is 0 Å². The van der Waals surface area contributed by atoms with Crippen molar-refractivity contribution in [2.24, 2.45) is 5.41 Å². The number of rotatable bonds is 9. The van der Waals surface area contributed by atoms with Gasteiger partial charge in [0.05, 0.1) is 0 Å². The molecule has 0 saturated heterocycles. The standard InChI is InChI=1S/C15H34OSi/c1-7-8-9-10-11-12-13-16-17-15(5,6)14(2,3)4/h7-13,17H2,1-6H3. The van der Waals surface area contributed by atoms with Crippen molar-refractivity contribution in [3.63, 3.8) is 0 Å². The molecule has 0 unspecified atom stereocenters. The Labute approximate surface area is 112 Å². The van der Waals surface area contributed by atoms with E-state index in [9.17, 15) is 0 Å². The fraction of sp³-hybridized carbons (Fsp3) is 1.00. The van der Waals surface area contributed by atoms with E-state index in [1.807, 2.05) is 0 Å². The quantitative estimate of drug-likeness (QED) is 0.430. The molecular weight excluding hydrogens is 224 g/mol. The summed E-state index contributed by atoms with van der Waals surface area (Å²) in [4.78, 5) is 0. The fourth-order valence-corrected chi connectivity index (χ4v) is 2.82. The van der Waals surface area contributed by atoms with E-state index < -0.39 is 9.76 Å². The molecule has 0 atom stereocenters. The summed E-state index contributed by atoms with van der Waals surface area (Å²) in [6.07, 6.45) is 8.14. The third-order valence-electron chi connectivity index (χ3n) is 4.14. The highest BCUT2D eigenvalue weighted by Crippen LogP contribution is 2.43. The van der Waals surface area contributed by atoms with Crippen LogP contribution in [0.2, 0.25) is 5.04 Å². The average Bonchev–Trinajstić information content (AvgIpc) is 2.20. The van der Waals surface area contributed by atoms with Crippen molar-refractivity contribution in [3.05, 3.63) is 0 Å². The minimum absolute atomic E-state index is 0.375. The van der Waals surface area contributed by atoms with Gasteiger partial charge in [-0.3, -0.25) is 0 Å². The highest BCUT2D eigenvalue weighted by molar-refractivity contribution is 6.32. The topological polar surface area (TPSA) is 9.23 Å². The zero-order valence-electron chi connectivity index (χ0n) is 13.1. The fourth-order valence-electron chi connectivity index (χ4n) is 1.53. The second-order valence-corrected chi connectivity index (χ2v) is 9.42. The van der Waals surface area contributed by atoms with Gasteiger partial charge in [0.25, 0.3) is 0 Å². The third kappa shape index (κ3) is 7.99. The highest BCUT2D eigenvalue weighted by Gasteiger charge is 2.33. The Kier molecular flexibility index (Phi) is 8.40.